The fourth-order valence-electron chi connectivity index (χ4n) is 1.01. The molecule has 1 aromatic carbocycles. The fraction of sp³-hybridized carbons (Fsp3) is 0.455. The maximum atomic E-state index is 5.52. The largest absolute Gasteiger partial charge is 0.494 e. The summed E-state index contributed by atoms with van der Waals surface area (Å²) >= 11 is 0. The highest BCUT2D eigenvalue weighted by atomic mass is 31.1. The minimum Gasteiger partial charge on any atom is -0.494 e. The van der Waals surface area contributed by atoms with Crippen molar-refractivity contribution in [1.82, 2.24) is 0 Å². The summed E-state index contributed by atoms with van der Waals surface area (Å²) in [4.78, 5) is 0. The van der Waals surface area contributed by atoms with Crippen LogP contribution in [-0.2, 0) is 4.52 Å². The lowest BCUT2D eigenvalue weighted by molar-refractivity contribution is 0.261. The van der Waals surface area contributed by atoms with Crippen molar-refractivity contribution < 1.29 is 9.26 Å². The average Bonchev–Trinajstić information content (AvgIpc) is 2.18. The molecule has 0 aliphatic heterocycles. The van der Waals surface area contributed by atoms with Gasteiger partial charge < -0.3 is 9.26 Å². The summed E-state index contributed by atoms with van der Waals surface area (Å²) in [5.41, 5.74) is 0. The van der Waals surface area contributed by atoms with E-state index in [-0.39, 0.29) is 8.15 Å². The molecule has 0 aromatic heterocycles. The molecule has 0 bridgehead atoms. The molecule has 0 saturated heterocycles. The van der Waals surface area contributed by atoms with E-state index < -0.39 is 0 Å². The molecule has 14 heavy (non-hydrogen) atoms. The van der Waals surface area contributed by atoms with E-state index in [9.17, 15) is 0 Å². The summed E-state index contributed by atoms with van der Waals surface area (Å²) in [5, 5.41) is 0. The van der Waals surface area contributed by atoms with Crippen LogP contribution in [0.5, 0.6) is 5.75 Å². The molecule has 0 heterocycles. The maximum Gasteiger partial charge on any atom is 0.119 e. The van der Waals surface area contributed by atoms with Crippen molar-refractivity contribution in [2.45, 2.75) is 6.42 Å². The first-order valence-corrected chi connectivity index (χ1v) is 6.92. The molecule has 0 aliphatic carbocycles. The van der Waals surface area contributed by atoms with Crippen LogP contribution in [0.25, 0.3) is 0 Å². The van der Waals surface area contributed by atoms with Gasteiger partial charge in [-0.25, -0.2) is 0 Å². The number of hydrogen-bond donors (Lipinski definition) is 0. The molecule has 1 rings (SSSR count). The smallest absolute Gasteiger partial charge is 0.119 e. The Kier molecular flexibility index (Phi) is 5.58. The number of hydrogen-bond acceptors (Lipinski definition) is 2. The van der Waals surface area contributed by atoms with E-state index in [0.29, 0.717) is 0 Å². The van der Waals surface area contributed by atoms with Crippen LogP contribution in [0.15, 0.2) is 30.3 Å². The summed E-state index contributed by atoms with van der Waals surface area (Å²) in [5.74, 6) is 0.933. The molecule has 2 nitrogen and oxygen atoms in total. The molecular formula is C11H17O2P. The molecule has 3 heteroatoms. The third-order valence-electron chi connectivity index (χ3n) is 1.65. The number of rotatable bonds is 6. The quantitative estimate of drug-likeness (QED) is 0.532. The number of benzene rings is 1. The zero-order valence-corrected chi connectivity index (χ0v) is 9.67. The van der Waals surface area contributed by atoms with Crippen LogP contribution >= 0.6 is 8.15 Å². The lowest BCUT2D eigenvalue weighted by atomic mass is 10.3. The van der Waals surface area contributed by atoms with E-state index >= 15 is 0 Å². The second-order valence-corrected chi connectivity index (χ2v) is 5.04. The van der Waals surface area contributed by atoms with Crippen LogP contribution in [0, 0.1) is 0 Å². The van der Waals surface area contributed by atoms with Gasteiger partial charge in [0.2, 0.25) is 0 Å². The van der Waals surface area contributed by atoms with E-state index in [1.165, 1.54) is 0 Å². The minimum absolute atomic E-state index is 0.227. The highest BCUT2D eigenvalue weighted by Gasteiger charge is 1.94. The molecular weight excluding hydrogens is 195 g/mol. The van der Waals surface area contributed by atoms with E-state index in [1.807, 2.05) is 30.3 Å². The molecule has 78 valence electrons. The third kappa shape index (κ3) is 5.21. The van der Waals surface area contributed by atoms with Gasteiger partial charge in [-0.15, -0.1) is 0 Å². The van der Waals surface area contributed by atoms with Gasteiger partial charge in [0.25, 0.3) is 0 Å². The first-order chi connectivity index (χ1) is 6.79. The third-order valence-corrected chi connectivity index (χ3v) is 2.35. The normalized spacial score (nSPS) is 10.5. The summed E-state index contributed by atoms with van der Waals surface area (Å²) in [6, 6.07) is 9.87. The molecule has 0 aliphatic rings. The van der Waals surface area contributed by atoms with Crippen molar-refractivity contribution in [3.05, 3.63) is 30.3 Å². The van der Waals surface area contributed by atoms with E-state index in [4.69, 9.17) is 9.26 Å². The second kappa shape index (κ2) is 6.80. The van der Waals surface area contributed by atoms with E-state index in [1.54, 1.807) is 0 Å². The Hall–Kier alpha value is -0.590. The van der Waals surface area contributed by atoms with Crippen LogP contribution in [0.2, 0.25) is 0 Å². The van der Waals surface area contributed by atoms with Crippen LogP contribution in [-0.4, -0.2) is 26.5 Å². The van der Waals surface area contributed by atoms with Crippen LogP contribution in [0.4, 0.5) is 0 Å². The van der Waals surface area contributed by atoms with Gasteiger partial charge >= 0.3 is 0 Å². The van der Waals surface area contributed by atoms with Crippen molar-refractivity contribution in [2.24, 2.45) is 0 Å². The summed E-state index contributed by atoms with van der Waals surface area (Å²) in [7, 11) is -0.227. The summed E-state index contributed by atoms with van der Waals surface area (Å²) < 4.78 is 11.0. The Labute approximate surface area is 87.1 Å². The first-order valence-electron chi connectivity index (χ1n) is 4.77. The van der Waals surface area contributed by atoms with Crippen molar-refractivity contribution in [3.8, 4) is 5.75 Å². The number of ether oxygens (including phenoxy) is 1. The van der Waals surface area contributed by atoms with Crippen molar-refractivity contribution in [3.63, 3.8) is 0 Å². The molecule has 0 amide bonds. The molecule has 1 aromatic rings. The Balaban J connectivity index is 2.05. The summed E-state index contributed by atoms with van der Waals surface area (Å²) in [6.07, 6.45) is 0.954. The standard InChI is InChI=1S/C11H17O2P/c1-14(2)13-10-6-9-12-11-7-4-3-5-8-11/h3-5,7-8H,6,9-10H2,1-2H3. The van der Waals surface area contributed by atoms with Gasteiger partial charge in [-0.3, -0.25) is 0 Å². The summed E-state index contributed by atoms with van der Waals surface area (Å²) in [6.45, 7) is 5.74. The van der Waals surface area contributed by atoms with Crippen molar-refractivity contribution in [1.29, 1.82) is 0 Å². The predicted molar refractivity (Wildman–Crippen MR) is 61.3 cm³/mol. The molecule has 0 fully saturated rings. The molecule has 0 spiro atoms. The van der Waals surface area contributed by atoms with Gasteiger partial charge in [0.05, 0.1) is 13.2 Å². The fourth-order valence-corrected chi connectivity index (χ4v) is 1.51. The van der Waals surface area contributed by atoms with Gasteiger partial charge in [-0.1, -0.05) is 18.2 Å². The minimum atomic E-state index is -0.227. The zero-order chi connectivity index (χ0) is 10.2. The van der Waals surface area contributed by atoms with Gasteiger partial charge in [-0.2, -0.15) is 0 Å². The molecule has 0 atom stereocenters. The SMILES string of the molecule is CP(C)OCCCOc1ccccc1. The van der Waals surface area contributed by atoms with E-state index in [2.05, 4.69) is 13.3 Å². The highest BCUT2D eigenvalue weighted by molar-refractivity contribution is 7.50. The Morgan fingerprint density at radius 2 is 1.79 bits per heavy atom. The highest BCUT2D eigenvalue weighted by Crippen LogP contribution is 2.25. The Bertz CT molecular complexity index is 236. The second-order valence-electron chi connectivity index (χ2n) is 3.16. The van der Waals surface area contributed by atoms with Gasteiger partial charge in [0, 0.05) is 14.6 Å². The topological polar surface area (TPSA) is 18.5 Å². The first kappa shape index (κ1) is 11.5. The Morgan fingerprint density at radius 3 is 2.43 bits per heavy atom. The van der Waals surface area contributed by atoms with E-state index in [0.717, 1.165) is 25.4 Å². The zero-order valence-electron chi connectivity index (χ0n) is 8.77. The predicted octanol–water partition coefficient (Wildman–Crippen LogP) is 3.13. The average molecular weight is 212 g/mol. The maximum absolute atomic E-state index is 5.52. The lowest BCUT2D eigenvalue weighted by Gasteiger charge is -2.08. The van der Waals surface area contributed by atoms with Crippen LogP contribution in [0.1, 0.15) is 6.42 Å². The number of para-hydroxylation sites is 1. The molecule has 0 unspecified atom stereocenters. The van der Waals surface area contributed by atoms with Gasteiger partial charge in [0.15, 0.2) is 0 Å². The Morgan fingerprint density at radius 1 is 1.07 bits per heavy atom. The van der Waals surface area contributed by atoms with Crippen molar-refractivity contribution in [2.75, 3.05) is 26.5 Å². The lowest BCUT2D eigenvalue weighted by Crippen LogP contribution is -2.00. The molecule has 0 radical (unpaired) electrons. The molecule has 0 N–H and O–H groups in total. The molecule has 0 saturated carbocycles. The van der Waals surface area contributed by atoms with Gasteiger partial charge in [0.1, 0.15) is 5.75 Å². The van der Waals surface area contributed by atoms with Crippen LogP contribution < -0.4 is 4.74 Å². The van der Waals surface area contributed by atoms with Crippen LogP contribution in [0.3, 0.4) is 0 Å². The van der Waals surface area contributed by atoms with Crippen molar-refractivity contribution >= 4 is 8.15 Å². The van der Waals surface area contributed by atoms with Gasteiger partial charge in [-0.05, 0) is 25.5 Å². The monoisotopic (exact) mass is 212 g/mol.